The molecule has 4 atom stereocenters. The molecule has 1 fully saturated rings. The van der Waals surface area contributed by atoms with Crippen molar-refractivity contribution in [2.24, 2.45) is 17.8 Å². The highest BCUT2D eigenvalue weighted by atomic mass is 16.6. The first-order valence-corrected chi connectivity index (χ1v) is 14.3. The van der Waals surface area contributed by atoms with Gasteiger partial charge in [-0.15, -0.1) is 0 Å². The normalized spacial score (nSPS) is 21.6. The van der Waals surface area contributed by atoms with E-state index in [1.807, 2.05) is 32.1 Å². The summed E-state index contributed by atoms with van der Waals surface area (Å²) >= 11 is 0. The van der Waals surface area contributed by atoms with Gasteiger partial charge in [0.05, 0.1) is 41.8 Å². The molecule has 2 amide bonds. The molecule has 0 spiro atoms. The second-order valence-electron chi connectivity index (χ2n) is 11.2. The number of non-ortho nitro benzene ring substituents is 1. The van der Waals surface area contributed by atoms with E-state index in [1.54, 1.807) is 0 Å². The third kappa shape index (κ3) is 6.01. The van der Waals surface area contributed by atoms with E-state index in [-0.39, 0.29) is 30.0 Å². The van der Waals surface area contributed by atoms with E-state index in [1.165, 1.54) is 18.2 Å². The zero-order valence-electron chi connectivity index (χ0n) is 24.1. The van der Waals surface area contributed by atoms with Crippen molar-refractivity contribution in [1.29, 1.82) is 0 Å². The van der Waals surface area contributed by atoms with Crippen molar-refractivity contribution >= 4 is 29.3 Å². The van der Waals surface area contributed by atoms with Gasteiger partial charge < -0.3 is 20.4 Å². The van der Waals surface area contributed by atoms with E-state index in [0.29, 0.717) is 17.6 Å². The number of fused-ring (bicyclic) bond motifs is 1. The van der Waals surface area contributed by atoms with E-state index < -0.39 is 53.8 Å². The second kappa shape index (κ2) is 13.0. The summed E-state index contributed by atoms with van der Waals surface area (Å²) in [6, 6.07) is 9.08. The Morgan fingerprint density at radius 2 is 1.81 bits per heavy atom. The first-order chi connectivity index (χ1) is 20.0. The molecule has 1 aliphatic heterocycles. The van der Waals surface area contributed by atoms with Crippen molar-refractivity contribution in [2.75, 3.05) is 18.1 Å². The largest absolute Gasteiger partial charge is 0.507 e. The summed E-state index contributed by atoms with van der Waals surface area (Å²) in [4.78, 5) is 38.7. The number of aliphatic hydroxyl groups excluding tert-OH is 3. The van der Waals surface area contributed by atoms with E-state index in [0.717, 1.165) is 46.1 Å². The third-order valence-corrected chi connectivity index (χ3v) is 8.42. The number of hydrogen-bond acceptors (Lipinski definition) is 8. The summed E-state index contributed by atoms with van der Waals surface area (Å²) in [5, 5.41) is 53.5. The average Bonchev–Trinajstić information content (AvgIpc) is 3.22. The van der Waals surface area contributed by atoms with Crippen LogP contribution in [-0.2, 0) is 9.59 Å². The number of carbonyl (C=O) groups excluding carboxylic acids is 2. The standard InChI is InChI=1S/C32H38N2O8/c1-4-6-20(13-21-11-18(2)30(38)19(3)12-21)9-10-27(37)28-22(16-35)14-25-29(26(28)17-36)32(40)33(31(25)39)23-7-5-8-24(15-23)34(41)42/h5,7-8,11-13,15,25-27,29,35-38H,4,6,9-10,14,16-17H2,1-3H3/b20-13+/t25-,26+,27-,29-/m1/s1. The number of allylic oxidation sites excluding steroid dienone is 1. The summed E-state index contributed by atoms with van der Waals surface area (Å²) in [5.41, 5.74) is 4.20. The Bertz CT molecular complexity index is 1420. The van der Waals surface area contributed by atoms with Gasteiger partial charge in [0, 0.05) is 18.1 Å². The van der Waals surface area contributed by atoms with Crippen molar-refractivity contribution in [3.8, 4) is 5.75 Å². The maximum absolute atomic E-state index is 13.6. The van der Waals surface area contributed by atoms with Crippen LogP contribution in [0, 0.1) is 41.7 Å². The summed E-state index contributed by atoms with van der Waals surface area (Å²) in [6.07, 6.45) is 3.51. The quantitative estimate of drug-likeness (QED) is 0.132. The van der Waals surface area contributed by atoms with Crippen LogP contribution in [0.15, 0.2) is 53.1 Å². The van der Waals surface area contributed by atoms with Crippen LogP contribution in [0.2, 0.25) is 0 Å². The van der Waals surface area contributed by atoms with Gasteiger partial charge in [-0.3, -0.25) is 19.7 Å². The first-order valence-electron chi connectivity index (χ1n) is 14.3. The molecule has 1 aliphatic carbocycles. The lowest BCUT2D eigenvalue weighted by atomic mass is 9.68. The molecule has 0 radical (unpaired) electrons. The Balaban J connectivity index is 1.60. The van der Waals surface area contributed by atoms with Crippen LogP contribution in [-0.4, -0.2) is 56.5 Å². The van der Waals surface area contributed by atoms with Crippen molar-refractivity contribution in [1.82, 2.24) is 0 Å². The number of hydrogen-bond donors (Lipinski definition) is 4. The Labute approximate surface area is 244 Å². The molecular weight excluding hydrogens is 540 g/mol. The fourth-order valence-electron chi connectivity index (χ4n) is 6.48. The van der Waals surface area contributed by atoms with Gasteiger partial charge in [0.2, 0.25) is 11.8 Å². The maximum atomic E-state index is 13.6. The minimum atomic E-state index is -1.07. The Kier molecular flexibility index (Phi) is 9.60. The van der Waals surface area contributed by atoms with Gasteiger partial charge in [0.25, 0.3) is 5.69 Å². The SMILES string of the molecule is CCC/C(=C\c1cc(C)c(O)c(C)c1)CC[C@@H](O)C1=C(CO)C[C@H]2C(=O)N(c3cccc([N+](=O)[O-])c3)C(=O)[C@H]2[C@H]1CO. The lowest BCUT2D eigenvalue weighted by Crippen LogP contribution is -2.39. The molecule has 0 saturated carbocycles. The summed E-state index contributed by atoms with van der Waals surface area (Å²) < 4.78 is 0. The van der Waals surface area contributed by atoms with Gasteiger partial charge in [0.1, 0.15) is 5.75 Å². The predicted molar refractivity (Wildman–Crippen MR) is 158 cm³/mol. The number of nitro benzene ring substituents is 1. The number of anilines is 1. The van der Waals surface area contributed by atoms with Gasteiger partial charge in [-0.05, 0) is 85.6 Å². The minimum Gasteiger partial charge on any atom is -0.507 e. The molecule has 2 aliphatic rings. The first kappa shape index (κ1) is 31.1. The highest BCUT2D eigenvalue weighted by Crippen LogP contribution is 2.47. The molecule has 2 aromatic carbocycles. The zero-order chi connectivity index (χ0) is 30.7. The number of carbonyl (C=O) groups is 2. The van der Waals surface area contributed by atoms with Crippen molar-refractivity contribution in [2.45, 2.75) is 59.0 Å². The molecular formula is C32H38N2O8. The van der Waals surface area contributed by atoms with Crippen LogP contribution in [0.25, 0.3) is 6.08 Å². The summed E-state index contributed by atoms with van der Waals surface area (Å²) in [6.45, 7) is 4.79. The number of imide groups is 1. The highest BCUT2D eigenvalue weighted by molar-refractivity contribution is 6.22. The zero-order valence-corrected chi connectivity index (χ0v) is 24.1. The van der Waals surface area contributed by atoms with Crippen LogP contribution in [0.3, 0.4) is 0 Å². The number of nitrogens with zero attached hydrogens (tertiary/aromatic N) is 2. The monoisotopic (exact) mass is 578 g/mol. The van der Waals surface area contributed by atoms with Crippen molar-refractivity contribution < 1.29 is 34.9 Å². The van der Waals surface area contributed by atoms with Crippen LogP contribution in [0.5, 0.6) is 5.75 Å². The molecule has 0 unspecified atom stereocenters. The molecule has 224 valence electrons. The summed E-state index contributed by atoms with van der Waals surface area (Å²) in [7, 11) is 0. The third-order valence-electron chi connectivity index (χ3n) is 8.42. The number of aliphatic hydroxyl groups is 3. The molecule has 1 heterocycles. The van der Waals surface area contributed by atoms with E-state index in [2.05, 4.69) is 6.92 Å². The molecule has 10 nitrogen and oxygen atoms in total. The Hall–Kier alpha value is -3.86. The number of amides is 2. The number of phenols is 1. The number of aryl methyl sites for hydroxylation is 2. The van der Waals surface area contributed by atoms with Crippen LogP contribution in [0.1, 0.15) is 55.7 Å². The predicted octanol–water partition coefficient (Wildman–Crippen LogP) is 4.35. The van der Waals surface area contributed by atoms with E-state index >= 15 is 0 Å². The number of nitro groups is 1. The van der Waals surface area contributed by atoms with Crippen LogP contribution >= 0.6 is 0 Å². The van der Waals surface area contributed by atoms with Gasteiger partial charge in [-0.1, -0.05) is 31.1 Å². The number of benzene rings is 2. The lowest BCUT2D eigenvalue weighted by Gasteiger charge is -2.36. The Morgan fingerprint density at radius 3 is 2.40 bits per heavy atom. The molecule has 2 aromatic rings. The maximum Gasteiger partial charge on any atom is 0.271 e. The molecule has 42 heavy (non-hydrogen) atoms. The van der Waals surface area contributed by atoms with Crippen molar-refractivity contribution in [3.05, 3.63) is 79.9 Å². The van der Waals surface area contributed by atoms with Gasteiger partial charge in [0.15, 0.2) is 0 Å². The highest BCUT2D eigenvalue weighted by Gasteiger charge is 2.55. The van der Waals surface area contributed by atoms with Gasteiger partial charge >= 0.3 is 0 Å². The summed E-state index contributed by atoms with van der Waals surface area (Å²) in [5.74, 6) is -3.58. The van der Waals surface area contributed by atoms with Crippen LogP contribution in [0.4, 0.5) is 11.4 Å². The molecule has 10 heteroatoms. The fraction of sp³-hybridized carbons (Fsp3) is 0.438. The van der Waals surface area contributed by atoms with E-state index in [4.69, 9.17) is 0 Å². The second-order valence-corrected chi connectivity index (χ2v) is 11.2. The van der Waals surface area contributed by atoms with Crippen molar-refractivity contribution in [3.63, 3.8) is 0 Å². The smallest absolute Gasteiger partial charge is 0.271 e. The fourth-order valence-corrected chi connectivity index (χ4v) is 6.48. The Morgan fingerprint density at radius 1 is 1.12 bits per heavy atom. The molecule has 0 aromatic heterocycles. The molecule has 1 saturated heterocycles. The topological polar surface area (TPSA) is 161 Å². The van der Waals surface area contributed by atoms with Crippen LogP contribution < -0.4 is 4.90 Å². The number of aromatic hydroxyl groups is 1. The molecule has 4 N–H and O–H groups in total. The van der Waals surface area contributed by atoms with E-state index in [9.17, 15) is 40.1 Å². The number of phenolic OH excluding ortho intramolecular Hbond substituents is 1. The minimum absolute atomic E-state index is 0.0454. The molecule has 0 bridgehead atoms. The number of rotatable bonds is 11. The van der Waals surface area contributed by atoms with Gasteiger partial charge in [-0.25, -0.2) is 4.90 Å². The average molecular weight is 579 g/mol. The molecule has 4 rings (SSSR count). The van der Waals surface area contributed by atoms with Gasteiger partial charge in [-0.2, -0.15) is 0 Å². The lowest BCUT2D eigenvalue weighted by molar-refractivity contribution is -0.384.